The van der Waals surface area contributed by atoms with Gasteiger partial charge in [-0.1, -0.05) is 54.6 Å². The Bertz CT molecular complexity index is 623. The third-order valence-corrected chi connectivity index (χ3v) is 4.13. The number of hydrogen-bond acceptors (Lipinski definition) is 0. The van der Waals surface area contributed by atoms with Gasteiger partial charge in [0, 0.05) is 5.41 Å². The van der Waals surface area contributed by atoms with E-state index >= 15 is 0 Å². The van der Waals surface area contributed by atoms with Gasteiger partial charge < -0.3 is 0 Å². The third-order valence-electron chi connectivity index (χ3n) is 4.13. The zero-order chi connectivity index (χ0) is 10.8. The summed E-state index contributed by atoms with van der Waals surface area (Å²) in [4.78, 5) is 0. The molecule has 0 heterocycles. The van der Waals surface area contributed by atoms with Gasteiger partial charge in [0.15, 0.2) is 0 Å². The lowest BCUT2D eigenvalue weighted by atomic mass is 9.73. The number of rotatable bonds is 0. The van der Waals surface area contributed by atoms with Crippen molar-refractivity contribution in [1.29, 1.82) is 0 Å². The first-order valence-electron chi connectivity index (χ1n) is 5.73. The topological polar surface area (TPSA) is 0 Å². The summed E-state index contributed by atoms with van der Waals surface area (Å²) in [7, 11) is 0. The lowest BCUT2D eigenvalue weighted by molar-refractivity contribution is 0.755. The molecule has 3 aliphatic carbocycles. The molecule has 0 amide bonds. The molecule has 0 aliphatic heterocycles. The molecule has 0 saturated heterocycles. The van der Waals surface area contributed by atoms with Crippen molar-refractivity contribution in [2.75, 3.05) is 0 Å². The largest absolute Gasteiger partial charge is 0.0616 e. The monoisotopic (exact) mass is 204 g/mol. The Labute approximate surface area is 95.3 Å². The van der Waals surface area contributed by atoms with Gasteiger partial charge in [0.2, 0.25) is 0 Å². The summed E-state index contributed by atoms with van der Waals surface area (Å²) in [6.45, 7) is 2.34. The molecule has 1 atom stereocenters. The molecule has 0 spiro atoms. The summed E-state index contributed by atoms with van der Waals surface area (Å²) in [5, 5.41) is 0. The Hall–Kier alpha value is -1.82. The van der Waals surface area contributed by atoms with Gasteiger partial charge in [-0.05, 0) is 34.8 Å². The molecular weight excluding hydrogens is 192 g/mol. The molecule has 1 unspecified atom stereocenters. The quantitative estimate of drug-likeness (QED) is 0.599. The highest BCUT2D eigenvalue weighted by Gasteiger charge is 2.46. The molecule has 76 valence electrons. The normalized spacial score (nSPS) is 28.2. The molecule has 1 aromatic rings. The predicted octanol–water partition coefficient (Wildman–Crippen LogP) is 3.98. The van der Waals surface area contributed by atoms with Gasteiger partial charge in [-0.25, -0.2) is 0 Å². The molecular formula is C16H12. The minimum Gasteiger partial charge on any atom is -0.0616 e. The van der Waals surface area contributed by atoms with Crippen LogP contribution in [0.3, 0.4) is 0 Å². The maximum absolute atomic E-state index is 2.34. The number of allylic oxidation sites excluding steroid dienone is 8. The van der Waals surface area contributed by atoms with Crippen LogP contribution in [0.5, 0.6) is 0 Å². The van der Waals surface area contributed by atoms with Crippen LogP contribution in [0.4, 0.5) is 0 Å². The van der Waals surface area contributed by atoms with Crippen LogP contribution in [-0.4, -0.2) is 0 Å². The summed E-state index contributed by atoms with van der Waals surface area (Å²) < 4.78 is 0. The second-order valence-corrected chi connectivity index (χ2v) is 4.81. The maximum atomic E-state index is 2.34. The molecule has 0 heteroatoms. The van der Waals surface area contributed by atoms with Crippen LogP contribution < -0.4 is 0 Å². The van der Waals surface area contributed by atoms with Crippen LogP contribution in [0.15, 0.2) is 60.2 Å². The van der Waals surface area contributed by atoms with E-state index in [-0.39, 0.29) is 5.41 Å². The van der Waals surface area contributed by atoms with Gasteiger partial charge in [0.05, 0.1) is 0 Å². The Morgan fingerprint density at radius 3 is 2.31 bits per heavy atom. The summed E-state index contributed by atoms with van der Waals surface area (Å²) in [5.74, 6) is 0. The number of benzene rings is 1. The molecule has 0 saturated carbocycles. The van der Waals surface area contributed by atoms with Crippen LogP contribution in [0.1, 0.15) is 18.1 Å². The van der Waals surface area contributed by atoms with Crippen LogP contribution in [0.2, 0.25) is 0 Å². The highest BCUT2D eigenvalue weighted by molar-refractivity contribution is 6.04. The summed E-state index contributed by atoms with van der Waals surface area (Å²) in [6, 6.07) is 8.74. The highest BCUT2D eigenvalue weighted by Crippen LogP contribution is 2.61. The van der Waals surface area contributed by atoms with Gasteiger partial charge in [0.25, 0.3) is 0 Å². The standard InChI is InChI=1S/C16H12/c1-16-11-5-4-8-14(16)12-6-2-3-7-13(12)15(16)10-9-11/h2-10H,1H3. The lowest BCUT2D eigenvalue weighted by Crippen LogP contribution is -2.16. The summed E-state index contributed by atoms with van der Waals surface area (Å²) in [5.41, 5.74) is 7.29. The maximum Gasteiger partial charge on any atom is 0.0435 e. The van der Waals surface area contributed by atoms with E-state index in [9.17, 15) is 0 Å². The van der Waals surface area contributed by atoms with Crippen molar-refractivity contribution >= 4 is 11.1 Å². The Balaban J connectivity index is 2.15. The molecule has 3 aliphatic rings. The molecule has 0 radical (unpaired) electrons. The van der Waals surface area contributed by atoms with E-state index in [0.717, 1.165) is 0 Å². The van der Waals surface area contributed by atoms with Crippen molar-refractivity contribution in [3.05, 3.63) is 71.3 Å². The first kappa shape index (κ1) is 8.35. The average Bonchev–Trinajstić information content (AvgIpc) is 2.78. The average molecular weight is 204 g/mol. The molecule has 0 bridgehead atoms. The second kappa shape index (κ2) is 2.46. The lowest BCUT2D eigenvalue weighted by Gasteiger charge is -2.28. The zero-order valence-electron chi connectivity index (χ0n) is 9.20. The number of hydrogen-bond donors (Lipinski definition) is 0. The first-order valence-corrected chi connectivity index (χ1v) is 5.73. The SMILES string of the molecule is CC12C3=CC=C1c1ccccc1C2=CC=C3. The predicted molar refractivity (Wildman–Crippen MR) is 67.7 cm³/mol. The van der Waals surface area contributed by atoms with E-state index in [1.807, 2.05) is 0 Å². The summed E-state index contributed by atoms with van der Waals surface area (Å²) >= 11 is 0. The van der Waals surface area contributed by atoms with Crippen molar-refractivity contribution in [3.8, 4) is 0 Å². The molecule has 4 rings (SSSR count). The highest BCUT2D eigenvalue weighted by atomic mass is 14.5. The van der Waals surface area contributed by atoms with Crippen LogP contribution in [-0.2, 0) is 0 Å². The van der Waals surface area contributed by atoms with Crippen molar-refractivity contribution in [2.24, 2.45) is 5.41 Å². The molecule has 16 heavy (non-hydrogen) atoms. The van der Waals surface area contributed by atoms with E-state index in [1.165, 1.54) is 27.8 Å². The fourth-order valence-electron chi connectivity index (χ4n) is 3.27. The number of fused-ring (bicyclic) bond motifs is 3. The van der Waals surface area contributed by atoms with Crippen LogP contribution in [0.25, 0.3) is 11.1 Å². The van der Waals surface area contributed by atoms with E-state index in [0.29, 0.717) is 0 Å². The van der Waals surface area contributed by atoms with E-state index in [4.69, 9.17) is 0 Å². The van der Waals surface area contributed by atoms with Crippen LogP contribution in [0, 0.1) is 5.41 Å². The molecule has 1 aromatic carbocycles. The smallest absolute Gasteiger partial charge is 0.0435 e. The summed E-state index contributed by atoms with van der Waals surface area (Å²) in [6.07, 6.45) is 11.2. The van der Waals surface area contributed by atoms with Gasteiger partial charge in [-0.15, -0.1) is 0 Å². The van der Waals surface area contributed by atoms with Crippen LogP contribution >= 0.6 is 0 Å². The Morgan fingerprint density at radius 1 is 0.875 bits per heavy atom. The molecule has 0 nitrogen and oxygen atoms in total. The van der Waals surface area contributed by atoms with Crippen molar-refractivity contribution in [1.82, 2.24) is 0 Å². The van der Waals surface area contributed by atoms with Gasteiger partial charge >= 0.3 is 0 Å². The van der Waals surface area contributed by atoms with Crippen molar-refractivity contribution in [2.45, 2.75) is 6.92 Å². The van der Waals surface area contributed by atoms with E-state index in [1.54, 1.807) is 0 Å². The zero-order valence-corrected chi connectivity index (χ0v) is 9.20. The minimum absolute atomic E-state index is 0.123. The molecule has 0 fully saturated rings. The fourth-order valence-corrected chi connectivity index (χ4v) is 3.27. The van der Waals surface area contributed by atoms with Gasteiger partial charge in [-0.2, -0.15) is 0 Å². The Kier molecular flexibility index (Phi) is 1.28. The Morgan fingerprint density at radius 2 is 1.56 bits per heavy atom. The van der Waals surface area contributed by atoms with E-state index in [2.05, 4.69) is 61.6 Å². The minimum atomic E-state index is 0.123. The molecule has 0 aromatic heterocycles. The van der Waals surface area contributed by atoms with Crippen molar-refractivity contribution in [3.63, 3.8) is 0 Å². The second-order valence-electron chi connectivity index (χ2n) is 4.81. The van der Waals surface area contributed by atoms with Gasteiger partial charge in [-0.3, -0.25) is 0 Å². The van der Waals surface area contributed by atoms with E-state index < -0.39 is 0 Å². The van der Waals surface area contributed by atoms with Gasteiger partial charge in [0.1, 0.15) is 0 Å². The first-order chi connectivity index (χ1) is 7.82. The van der Waals surface area contributed by atoms with Crippen molar-refractivity contribution < 1.29 is 0 Å². The molecule has 0 N–H and O–H groups in total. The fraction of sp³-hybridized carbons (Fsp3) is 0.125. The third kappa shape index (κ3) is 0.714.